The Balaban J connectivity index is 1.29. The van der Waals surface area contributed by atoms with Gasteiger partial charge in [0, 0.05) is 31.1 Å². The highest BCUT2D eigenvalue weighted by Crippen LogP contribution is 2.34. The van der Waals surface area contributed by atoms with Gasteiger partial charge in [-0.3, -0.25) is 4.79 Å². The highest BCUT2D eigenvalue weighted by atomic mass is 16.5. The Bertz CT molecular complexity index is 1420. The van der Waals surface area contributed by atoms with Crippen molar-refractivity contribution in [3.8, 4) is 5.75 Å². The van der Waals surface area contributed by atoms with Crippen LogP contribution in [0.25, 0.3) is 11.0 Å². The Kier molecular flexibility index (Phi) is 7.40. The predicted molar refractivity (Wildman–Crippen MR) is 150 cm³/mol. The number of unbranched alkanes of at least 4 members (excludes halogenated alkanes) is 1. The average Bonchev–Trinajstić information content (AvgIpc) is 3.47. The van der Waals surface area contributed by atoms with E-state index in [2.05, 4.69) is 67.5 Å². The first-order valence-electron chi connectivity index (χ1n) is 13.2. The van der Waals surface area contributed by atoms with Crippen LogP contribution in [-0.4, -0.2) is 28.6 Å². The van der Waals surface area contributed by atoms with E-state index in [9.17, 15) is 4.79 Å². The molecule has 0 radical (unpaired) electrons. The van der Waals surface area contributed by atoms with Gasteiger partial charge in [-0.25, -0.2) is 4.98 Å². The second-order valence-electron chi connectivity index (χ2n) is 9.94. The minimum atomic E-state index is 0.0727. The third kappa shape index (κ3) is 5.31. The van der Waals surface area contributed by atoms with Gasteiger partial charge in [0.25, 0.3) is 0 Å². The molecule has 0 spiro atoms. The molecule has 5 nitrogen and oxygen atoms in total. The maximum absolute atomic E-state index is 13.1. The lowest BCUT2D eigenvalue weighted by molar-refractivity contribution is -0.117. The molecule has 1 aliphatic rings. The number of nitrogens with zero attached hydrogens (tertiary/aromatic N) is 3. The molecule has 2 heterocycles. The largest absolute Gasteiger partial charge is 0.493 e. The molecule has 1 fully saturated rings. The topological polar surface area (TPSA) is 47.4 Å². The number of hydrogen-bond donors (Lipinski definition) is 0. The fraction of sp³-hybridized carbons (Fsp3) is 0.312. The van der Waals surface area contributed by atoms with Crippen LogP contribution in [0.3, 0.4) is 0 Å². The Morgan fingerprint density at radius 1 is 1.03 bits per heavy atom. The van der Waals surface area contributed by atoms with Gasteiger partial charge in [-0.05, 0) is 80.1 Å². The third-order valence-corrected chi connectivity index (χ3v) is 7.35. The number of aromatic nitrogens is 2. The first-order valence-corrected chi connectivity index (χ1v) is 13.2. The van der Waals surface area contributed by atoms with E-state index in [1.165, 1.54) is 16.7 Å². The van der Waals surface area contributed by atoms with Crippen molar-refractivity contribution in [1.82, 2.24) is 9.55 Å². The molecular weight excluding hydrogens is 458 g/mol. The van der Waals surface area contributed by atoms with Gasteiger partial charge >= 0.3 is 0 Å². The summed E-state index contributed by atoms with van der Waals surface area (Å²) in [7, 11) is 0. The smallest absolute Gasteiger partial charge is 0.227 e. The van der Waals surface area contributed by atoms with Crippen molar-refractivity contribution in [2.45, 2.75) is 52.0 Å². The number of imidazole rings is 1. The molecule has 1 unspecified atom stereocenters. The predicted octanol–water partition coefficient (Wildman–Crippen LogP) is 6.76. The number of carbonyl (C=O) groups excluding carboxylic acids is 1. The lowest BCUT2D eigenvalue weighted by Gasteiger charge is -2.18. The first-order chi connectivity index (χ1) is 18.0. The van der Waals surface area contributed by atoms with Gasteiger partial charge in [0.15, 0.2) is 0 Å². The average molecular weight is 494 g/mol. The van der Waals surface area contributed by atoms with Crippen molar-refractivity contribution in [3.05, 3.63) is 102 Å². The van der Waals surface area contributed by atoms with Crippen molar-refractivity contribution in [2.24, 2.45) is 0 Å². The minimum Gasteiger partial charge on any atom is -0.493 e. The summed E-state index contributed by atoms with van der Waals surface area (Å²) in [4.78, 5) is 20.0. The quantitative estimate of drug-likeness (QED) is 0.181. The molecule has 5 heteroatoms. The number of fused-ring (bicyclic) bond motifs is 1. The van der Waals surface area contributed by atoms with E-state index in [0.717, 1.165) is 54.1 Å². The number of benzene rings is 3. The number of hydrogen-bond acceptors (Lipinski definition) is 3. The molecular formula is C32H35N3O2. The van der Waals surface area contributed by atoms with E-state index < -0.39 is 0 Å². The van der Waals surface area contributed by atoms with Crippen molar-refractivity contribution in [3.63, 3.8) is 0 Å². The van der Waals surface area contributed by atoms with Crippen molar-refractivity contribution in [2.75, 3.05) is 18.1 Å². The lowest BCUT2D eigenvalue weighted by atomic mass is 10.1. The fourth-order valence-corrected chi connectivity index (χ4v) is 5.19. The molecule has 1 saturated heterocycles. The zero-order valence-electron chi connectivity index (χ0n) is 21.8. The van der Waals surface area contributed by atoms with E-state index in [4.69, 9.17) is 9.72 Å². The molecule has 1 atom stereocenters. The van der Waals surface area contributed by atoms with Crippen LogP contribution in [0.1, 0.15) is 47.7 Å². The van der Waals surface area contributed by atoms with Crippen LogP contribution in [0, 0.1) is 13.8 Å². The number of anilines is 1. The number of rotatable bonds is 10. The number of amides is 1. The highest BCUT2D eigenvalue weighted by Gasteiger charge is 2.34. The fourth-order valence-electron chi connectivity index (χ4n) is 5.19. The van der Waals surface area contributed by atoms with Crippen LogP contribution >= 0.6 is 0 Å². The van der Waals surface area contributed by atoms with Crippen LogP contribution in [0.5, 0.6) is 5.75 Å². The second-order valence-corrected chi connectivity index (χ2v) is 9.94. The number of para-hydroxylation sites is 3. The van der Waals surface area contributed by atoms with Gasteiger partial charge in [-0.2, -0.15) is 0 Å². The van der Waals surface area contributed by atoms with Crippen LogP contribution in [-0.2, 0) is 17.8 Å². The van der Waals surface area contributed by atoms with Gasteiger partial charge < -0.3 is 14.2 Å². The maximum Gasteiger partial charge on any atom is 0.227 e. The number of ether oxygens (including phenoxy) is 1. The summed E-state index contributed by atoms with van der Waals surface area (Å²) in [5, 5.41) is 0. The zero-order chi connectivity index (χ0) is 25.8. The van der Waals surface area contributed by atoms with Crippen LogP contribution in [0.4, 0.5) is 5.69 Å². The van der Waals surface area contributed by atoms with Crippen LogP contribution < -0.4 is 9.64 Å². The van der Waals surface area contributed by atoms with E-state index in [-0.39, 0.29) is 11.8 Å². The summed E-state index contributed by atoms with van der Waals surface area (Å²) < 4.78 is 8.42. The van der Waals surface area contributed by atoms with Crippen molar-refractivity contribution >= 4 is 22.6 Å². The monoisotopic (exact) mass is 493 g/mol. The van der Waals surface area contributed by atoms with Crippen molar-refractivity contribution in [1.29, 1.82) is 0 Å². The van der Waals surface area contributed by atoms with E-state index in [1.54, 1.807) is 0 Å². The molecule has 0 bridgehead atoms. The van der Waals surface area contributed by atoms with Gasteiger partial charge in [0.1, 0.15) is 11.6 Å². The Labute approximate surface area is 219 Å². The molecule has 5 rings (SSSR count). The van der Waals surface area contributed by atoms with E-state index in [1.807, 2.05) is 35.2 Å². The normalized spacial score (nSPS) is 15.5. The number of allylic oxidation sites excluding steroid dienone is 1. The zero-order valence-corrected chi connectivity index (χ0v) is 21.8. The maximum atomic E-state index is 13.1. The minimum absolute atomic E-state index is 0.0727. The summed E-state index contributed by atoms with van der Waals surface area (Å²) in [5.74, 6) is 2.19. The summed E-state index contributed by atoms with van der Waals surface area (Å²) in [6, 6.07) is 22.7. The summed E-state index contributed by atoms with van der Waals surface area (Å²) >= 11 is 0. The molecule has 1 aromatic heterocycles. The Morgan fingerprint density at radius 2 is 1.84 bits per heavy atom. The van der Waals surface area contributed by atoms with Gasteiger partial charge in [0.05, 0.1) is 17.6 Å². The molecule has 3 aromatic carbocycles. The summed E-state index contributed by atoms with van der Waals surface area (Å²) in [6.45, 7) is 10.2. The molecule has 190 valence electrons. The van der Waals surface area contributed by atoms with Gasteiger partial charge in [-0.15, -0.1) is 6.58 Å². The van der Waals surface area contributed by atoms with Crippen molar-refractivity contribution < 1.29 is 9.53 Å². The van der Waals surface area contributed by atoms with Crippen LogP contribution in [0.15, 0.2) is 79.4 Å². The SMILES string of the molecule is C=CCc1ccccc1OCCCCn1c(C2CC(=O)N(c3ccc(C)c(C)c3)C2)nc2ccccc21. The molecule has 0 aliphatic carbocycles. The van der Waals surface area contributed by atoms with E-state index >= 15 is 0 Å². The van der Waals surface area contributed by atoms with Gasteiger partial charge in [-0.1, -0.05) is 42.5 Å². The standard InChI is InChI=1S/C32H35N3O2/c1-4-11-25-12-5-8-15-30(25)37-19-10-9-18-34-29-14-7-6-13-28(29)33-32(34)26-21-31(36)35(22-26)27-17-16-23(2)24(3)20-27/h4-8,12-17,20,26H,1,9-11,18-19,21-22H2,2-3H3. The van der Waals surface area contributed by atoms with Gasteiger partial charge in [0.2, 0.25) is 5.91 Å². The van der Waals surface area contributed by atoms with E-state index in [0.29, 0.717) is 19.6 Å². The van der Waals surface area contributed by atoms with Crippen LogP contribution in [0.2, 0.25) is 0 Å². The summed E-state index contributed by atoms with van der Waals surface area (Å²) in [6.07, 6.45) is 5.10. The Hall–Kier alpha value is -3.86. The molecule has 1 aliphatic heterocycles. The third-order valence-electron chi connectivity index (χ3n) is 7.35. The first kappa shape index (κ1) is 24.8. The lowest BCUT2D eigenvalue weighted by Crippen LogP contribution is -2.24. The highest BCUT2D eigenvalue weighted by molar-refractivity contribution is 5.96. The molecule has 0 N–H and O–H groups in total. The molecule has 4 aromatic rings. The molecule has 0 saturated carbocycles. The Morgan fingerprint density at radius 3 is 2.68 bits per heavy atom. The molecule has 37 heavy (non-hydrogen) atoms. The number of carbonyl (C=O) groups is 1. The number of aryl methyl sites for hydroxylation is 3. The molecule has 1 amide bonds. The second kappa shape index (κ2) is 11.0. The summed E-state index contributed by atoms with van der Waals surface area (Å²) in [5.41, 5.74) is 6.71.